The third-order valence-electron chi connectivity index (χ3n) is 4.81. The Kier molecular flexibility index (Phi) is 3.24. The summed E-state index contributed by atoms with van der Waals surface area (Å²) in [4.78, 5) is 0. The van der Waals surface area contributed by atoms with Gasteiger partial charge in [-0.2, -0.15) is 9.40 Å². The van der Waals surface area contributed by atoms with E-state index in [9.17, 15) is 8.42 Å². The Labute approximate surface area is 135 Å². The summed E-state index contributed by atoms with van der Waals surface area (Å²) in [5.41, 5.74) is 0.797. The van der Waals surface area contributed by atoms with Crippen molar-refractivity contribution in [3.63, 3.8) is 0 Å². The second-order valence-corrected chi connectivity index (χ2v) is 8.16. The highest BCUT2D eigenvalue weighted by Crippen LogP contribution is 2.39. The molecule has 2 aromatic rings. The topological polar surface area (TPSA) is 64.4 Å². The Morgan fingerprint density at radius 2 is 2.04 bits per heavy atom. The number of fused-ring (bicyclic) bond motifs is 1. The van der Waals surface area contributed by atoms with E-state index in [1.165, 1.54) is 26.8 Å². The molecule has 1 unspecified atom stereocenters. The van der Waals surface area contributed by atoms with Gasteiger partial charge in [0.15, 0.2) is 5.03 Å². The molecule has 122 valence electrons. The number of sulfonamides is 1. The highest BCUT2D eigenvalue weighted by atomic mass is 32.2. The minimum atomic E-state index is -3.52. The molecule has 7 heteroatoms. The largest absolute Gasteiger partial charge is 0.486 e. The van der Waals surface area contributed by atoms with Crippen LogP contribution in [0.3, 0.4) is 0 Å². The molecule has 0 amide bonds. The maximum Gasteiger partial charge on any atom is 0.260 e. The molecule has 1 fully saturated rings. The Morgan fingerprint density at radius 3 is 2.83 bits per heavy atom. The van der Waals surface area contributed by atoms with E-state index in [-0.39, 0.29) is 5.03 Å². The standard InChI is InChI=1S/C16H19N3O3S/c1-18-15(7-10-17-18)23(20,21)19-11-9-16(12-19)8-6-13-4-2-3-5-14(13)22-16/h2-5,7,10H,6,8-9,11-12H2,1H3. The van der Waals surface area contributed by atoms with E-state index in [0.29, 0.717) is 13.1 Å². The molecule has 1 saturated heterocycles. The zero-order chi connectivity index (χ0) is 16.1. The summed E-state index contributed by atoms with van der Waals surface area (Å²) in [6.45, 7) is 0.879. The van der Waals surface area contributed by atoms with Crippen molar-refractivity contribution in [2.24, 2.45) is 7.05 Å². The van der Waals surface area contributed by atoms with Crippen LogP contribution < -0.4 is 4.74 Å². The van der Waals surface area contributed by atoms with Crippen LogP contribution >= 0.6 is 0 Å². The first-order chi connectivity index (χ1) is 11.0. The summed E-state index contributed by atoms with van der Waals surface area (Å²) in [5.74, 6) is 0.888. The first-order valence-corrected chi connectivity index (χ1v) is 9.19. The van der Waals surface area contributed by atoms with Crippen molar-refractivity contribution in [3.8, 4) is 5.75 Å². The van der Waals surface area contributed by atoms with Gasteiger partial charge in [-0.25, -0.2) is 8.42 Å². The van der Waals surface area contributed by atoms with Crippen LogP contribution in [-0.2, 0) is 23.5 Å². The van der Waals surface area contributed by atoms with Crippen LogP contribution in [0.5, 0.6) is 5.75 Å². The Bertz CT molecular complexity index is 846. The summed E-state index contributed by atoms with van der Waals surface area (Å²) in [6.07, 6.45) is 4.00. The van der Waals surface area contributed by atoms with Crippen LogP contribution in [0.2, 0.25) is 0 Å². The lowest BCUT2D eigenvalue weighted by molar-refractivity contribution is 0.0611. The number of aromatic nitrogens is 2. The second kappa shape index (κ2) is 5.07. The van der Waals surface area contributed by atoms with E-state index in [4.69, 9.17) is 4.74 Å². The molecule has 1 aromatic carbocycles. The van der Waals surface area contributed by atoms with Crippen molar-refractivity contribution in [1.29, 1.82) is 0 Å². The third-order valence-corrected chi connectivity index (χ3v) is 6.73. The fourth-order valence-electron chi connectivity index (χ4n) is 3.50. The van der Waals surface area contributed by atoms with Gasteiger partial charge in [-0.3, -0.25) is 4.68 Å². The minimum Gasteiger partial charge on any atom is -0.486 e. The summed E-state index contributed by atoms with van der Waals surface area (Å²) in [7, 11) is -1.88. The van der Waals surface area contributed by atoms with Gasteiger partial charge in [0.25, 0.3) is 10.0 Å². The van der Waals surface area contributed by atoms with Crippen molar-refractivity contribution in [2.75, 3.05) is 13.1 Å². The predicted molar refractivity (Wildman–Crippen MR) is 84.7 cm³/mol. The summed E-state index contributed by atoms with van der Waals surface area (Å²) in [5, 5.41) is 4.20. The maximum atomic E-state index is 12.8. The lowest BCUT2D eigenvalue weighted by Crippen LogP contribution is -2.43. The summed E-state index contributed by atoms with van der Waals surface area (Å²) in [6, 6.07) is 9.54. The van der Waals surface area contributed by atoms with Gasteiger partial charge in [0, 0.05) is 20.0 Å². The monoisotopic (exact) mass is 333 g/mol. The number of nitrogens with zero attached hydrogens (tertiary/aromatic N) is 3. The number of benzene rings is 1. The molecule has 1 spiro atoms. The van der Waals surface area contributed by atoms with Gasteiger partial charge < -0.3 is 4.74 Å². The first kappa shape index (κ1) is 14.7. The molecular weight excluding hydrogens is 314 g/mol. The van der Waals surface area contributed by atoms with Gasteiger partial charge in [0.05, 0.1) is 12.7 Å². The van der Waals surface area contributed by atoms with Crippen molar-refractivity contribution < 1.29 is 13.2 Å². The number of hydrogen-bond acceptors (Lipinski definition) is 4. The number of ether oxygens (including phenoxy) is 1. The van der Waals surface area contributed by atoms with E-state index >= 15 is 0 Å². The molecule has 2 aliphatic heterocycles. The van der Waals surface area contributed by atoms with Crippen LogP contribution in [0, 0.1) is 0 Å². The minimum absolute atomic E-state index is 0.228. The number of para-hydroxylation sites is 1. The van der Waals surface area contributed by atoms with E-state index in [1.54, 1.807) is 7.05 Å². The van der Waals surface area contributed by atoms with E-state index in [2.05, 4.69) is 11.2 Å². The van der Waals surface area contributed by atoms with Crippen LogP contribution in [0.25, 0.3) is 0 Å². The van der Waals surface area contributed by atoms with Gasteiger partial charge in [-0.1, -0.05) is 18.2 Å². The van der Waals surface area contributed by atoms with Gasteiger partial charge in [0.2, 0.25) is 0 Å². The molecule has 6 nitrogen and oxygen atoms in total. The summed E-state index contributed by atoms with van der Waals surface area (Å²) >= 11 is 0. The van der Waals surface area contributed by atoms with Gasteiger partial charge in [-0.05, 0) is 30.5 Å². The molecule has 3 heterocycles. The molecule has 0 bridgehead atoms. The Morgan fingerprint density at radius 1 is 1.22 bits per heavy atom. The van der Waals surface area contributed by atoms with Crippen LogP contribution in [0.15, 0.2) is 41.6 Å². The highest BCUT2D eigenvalue weighted by molar-refractivity contribution is 7.89. The molecule has 2 aliphatic rings. The third kappa shape index (κ3) is 2.35. The SMILES string of the molecule is Cn1nccc1S(=O)(=O)N1CCC2(CCc3ccccc3O2)C1. The molecule has 0 N–H and O–H groups in total. The normalized spacial score (nSPS) is 24.6. The lowest BCUT2D eigenvalue weighted by Gasteiger charge is -2.35. The average molecular weight is 333 g/mol. The van der Waals surface area contributed by atoms with Crippen molar-refractivity contribution in [2.45, 2.75) is 29.9 Å². The zero-order valence-electron chi connectivity index (χ0n) is 13.0. The molecular formula is C16H19N3O3S. The van der Waals surface area contributed by atoms with Crippen LogP contribution in [0.4, 0.5) is 0 Å². The van der Waals surface area contributed by atoms with Crippen molar-refractivity contribution in [3.05, 3.63) is 42.1 Å². The van der Waals surface area contributed by atoms with Gasteiger partial charge in [-0.15, -0.1) is 0 Å². The predicted octanol–water partition coefficient (Wildman–Crippen LogP) is 1.58. The Balaban J connectivity index is 1.60. The molecule has 23 heavy (non-hydrogen) atoms. The fourth-order valence-corrected chi connectivity index (χ4v) is 5.12. The molecule has 0 saturated carbocycles. The van der Waals surface area contributed by atoms with Gasteiger partial charge >= 0.3 is 0 Å². The van der Waals surface area contributed by atoms with Gasteiger partial charge in [0.1, 0.15) is 11.4 Å². The molecule has 1 aromatic heterocycles. The quantitative estimate of drug-likeness (QED) is 0.837. The molecule has 0 aliphatic carbocycles. The van der Waals surface area contributed by atoms with E-state index in [0.717, 1.165) is 25.0 Å². The first-order valence-electron chi connectivity index (χ1n) is 7.75. The van der Waals surface area contributed by atoms with Crippen molar-refractivity contribution >= 4 is 10.0 Å². The molecule has 0 radical (unpaired) electrons. The fraction of sp³-hybridized carbons (Fsp3) is 0.438. The smallest absolute Gasteiger partial charge is 0.260 e. The molecule has 4 rings (SSSR count). The zero-order valence-corrected chi connectivity index (χ0v) is 13.8. The Hall–Kier alpha value is -1.86. The second-order valence-electron chi connectivity index (χ2n) is 6.27. The lowest BCUT2D eigenvalue weighted by atomic mass is 9.90. The molecule has 1 atom stereocenters. The average Bonchev–Trinajstić information content (AvgIpc) is 3.15. The maximum absolute atomic E-state index is 12.8. The van der Waals surface area contributed by atoms with E-state index < -0.39 is 15.6 Å². The van der Waals surface area contributed by atoms with Crippen LogP contribution in [-0.4, -0.2) is 41.2 Å². The highest BCUT2D eigenvalue weighted by Gasteiger charge is 2.46. The summed E-state index contributed by atoms with van der Waals surface area (Å²) < 4.78 is 34.7. The van der Waals surface area contributed by atoms with E-state index in [1.807, 2.05) is 18.2 Å². The number of hydrogen-bond donors (Lipinski definition) is 0. The van der Waals surface area contributed by atoms with Crippen molar-refractivity contribution in [1.82, 2.24) is 14.1 Å². The van der Waals surface area contributed by atoms with Crippen LogP contribution in [0.1, 0.15) is 18.4 Å². The number of aryl methyl sites for hydroxylation is 2. The number of rotatable bonds is 2.